The first-order valence-corrected chi connectivity index (χ1v) is 9.55. The molecule has 1 atom stereocenters. The number of hydrogen-bond acceptors (Lipinski definition) is 3. The Morgan fingerprint density at radius 2 is 2.00 bits per heavy atom. The monoisotopic (exact) mass is 343 g/mol. The molecule has 1 N–H and O–H groups in total. The van der Waals surface area contributed by atoms with Gasteiger partial charge in [0.15, 0.2) is 0 Å². The van der Waals surface area contributed by atoms with Crippen molar-refractivity contribution in [2.45, 2.75) is 44.6 Å². The lowest BCUT2D eigenvalue weighted by atomic mass is 10.0. The predicted octanol–water partition coefficient (Wildman–Crippen LogP) is 1.82. The van der Waals surface area contributed by atoms with Crippen LogP contribution in [-0.2, 0) is 16.0 Å². The second-order valence-corrected chi connectivity index (χ2v) is 7.14. The first-order valence-electron chi connectivity index (χ1n) is 9.55. The van der Waals surface area contributed by atoms with Gasteiger partial charge in [0, 0.05) is 32.1 Å². The molecule has 25 heavy (non-hydrogen) atoms. The maximum atomic E-state index is 12.2. The van der Waals surface area contributed by atoms with Crippen LogP contribution in [0.1, 0.15) is 37.7 Å². The number of amides is 2. The van der Waals surface area contributed by atoms with Crippen LogP contribution in [0.4, 0.5) is 0 Å². The third kappa shape index (κ3) is 5.30. The van der Waals surface area contributed by atoms with Gasteiger partial charge in [-0.3, -0.25) is 14.5 Å². The molecule has 5 nitrogen and oxygen atoms in total. The molecule has 5 heteroatoms. The van der Waals surface area contributed by atoms with Crippen LogP contribution < -0.4 is 5.32 Å². The summed E-state index contributed by atoms with van der Waals surface area (Å²) < 4.78 is 0. The Bertz CT molecular complexity index is 576. The summed E-state index contributed by atoms with van der Waals surface area (Å²) in [6, 6.07) is 11.0. The zero-order valence-corrected chi connectivity index (χ0v) is 15.0. The Labute approximate surface area is 150 Å². The van der Waals surface area contributed by atoms with Crippen molar-refractivity contribution in [3.05, 3.63) is 35.9 Å². The SMILES string of the molecule is O=C(CN1CCCC1Cc1ccccc1)NCCCN1CCCC1=O. The number of likely N-dealkylation sites (tertiary alicyclic amines) is 2. The van der Waals surface area contributed by atoms with Crippen LogP contribution in [-0.4, -0.2) is 60.4 Å². The predicted molar refractivity (Wildman–Crippen MR) is 98.2 cm³/mol. The fourth-order valence-corrected chi connectivity index (χ4v) is 3.90. The Balaban J connectivity index is 1.36. The van der Waals surface area contributed by atoms with Crippen molar-refractivity contribution in [3.8, 4) is 0 Å². The van der Waals surface area contributed by atoms with E-state index in [9.17, 15) is 9.59 Å². The van der Waals surface area contributed by atoms with Gasteiger partial charge in [-0.1, -0.05) is 30.3 Å². The molecule has 136 valence electrons. The van der Waals surface area contributed by atoms with Crippen molar-refractivity contribution in [2.75, 3.05) is 32.7 Å². The highest BCUT2D eigenvalue weighted by Crippen LogP contribution is 2.20. The Morgan fingerprint density at radius 3 is 2.76 bits per heavy atom. The van der Waals surface area contributed by atoms with Gasteiger partial charge in [-0.15, -0.1) is 0 Å². The van der Waals surface area contributed by atoms with Gasteiger partial charge in [0.1, 0.15) is 0 Å². The lowest BCUT2D eigenvalue weighted by molar-refractivity contribution is -0.127. The normalized spacial score (nSPS) is 21.0. The van der Waals surface area contributed by atoms with Crippen LogP contribution in [0.15, 0.2) is 30.3 Å². The summed E-state index contributed by atoms with van der Waals surface area (Å²) in [6.45, 7) is 3.79. The first kappa shape index (κ1) is 17.9. The Kier molecular flexibility index (Phi) is 6.45. The summed E-state index contributed by atoms with van der Waals surface area (Å²) >= 11 is 0. The smallest absolute Gasteiger partial charge is 0.234 e. The van der Waals surface area contributed by atoms with Crippen molar-refractivity contribution in [2.24, 2.45) is 0 Å². The number of carbonyl (C=O) groups excluding carboxylic acids is 2. The third-order valence-corrected chi connectivity index (χ3v) is 5.26. The van der Waals surface area contributed by atoms with E-state index in [0.717, 1.165) is 38.9 Å². The average molecular weight is 343 g/mol. The second kappa shape index (κ2) is 8.99. The topological polar surface area (TPSA) is 52.7 Å². The van der Waals surface area contributed by atoms with Gasteiger partial charge in [0.2, 0.25) is 11.8 Å². The van der Waals surface area contributed by atoms with Crippen molar-refractivity contribution in [3.63, 3.8) is 0 Å². The van der Waals surface area contributed by atoms with Gasteiger partial charge in [0.25, 0.3) is 0 Å². The number of nitrogens with one attached hydrogen (secondary N) is 1. The summed E-state index contributed by atoms with van der Waals surface area (Å²) in [5.74, 6) is 0.361. The van der Waals surface area contributed by atoms with Gasteiger partial charge >= 0.3 is 0 Å². The van der Waals surface area contributed by atoms with Gasteiger partial charge in [-0.2, -0.15) is 0 Å². The third-order valence-electron chi connectivity index (χ3n) is 5.26. The van der Waals surface area contributed by atoms with Gasteiger partial charge in [-0.05, 0) is 44.2 Å². The van der Waals surface area contributed by atoms with Crippen molar-refractivity contribution >= 4 is 11.8 Å². The van der Waals surface area contributed by atoms with Crippen LogP contribution in [0, 0.1) is 0 Å². The highest BCUT2D eigenvalue weighted by molar-refractivity contribution is 5.78. The molecule has 2 fully saturated rings. The molecule has 0 saturated carbocycles. The van der Waals surface area contributed by atoms with E-state index in [1.165, 1.54) is 18.4 Å². The quantitative estimate of drug-likeness (QED) is 0.733. The zero-order valence-electron chi connectivity index (χ0n) is 15.0. The summed E-state index contributed by atoms with van der Waals surface area (Å²) in [4.78, 5) is 28.0. The van der Waals surface area contributed by atoms with E-state index < -0.39 is 0 Å². The molecule has 0 radical (unpaired) electrons. The lowest BCUT2D eigenvalue weighted by Crippen LogP contribution is -2.41. The van der Waals surface area contributed by atoms with E-state index >= 15 is 0 Å². The first-order chi connectivity index (χ1) is 12.2. The molecule has 1 aromatic carbocycles. The van der Waals surface area contributed by atoms with Gasteiger partial charge in [0.05, 0.1) is 6.54 Å². The molecule has 1 unspecified atom stereocenters. The minimum Gasteiger partial charge on any atom is -0.355 e. The van der Waals surface area contributed by atoms with E-state index in [1.54, 1.807) is 0 Å². The standard InChI is InChI=1S/C20H29N3O2/c24-19(21-11-6-14-22-12-5-10-20(22)25)16-23-13-4-9-18(23)15-17-7-2-1-3-8-17/h1-3,7-8,18H,4-6,9-16H2,(H,21,24). The molecule has 2 aliphatic rings. The largest absolute Gasteiger partial charge is 0.355 e. The molecule has 0 bridgehead atoms. The number of rotatable bonds is 8. The van der Waals surface area contributed by atoms with Crippen LogP contribution in [0.2, 0.25) is 0 Å². The van der Waals surface area contributed by atoms with Gasteiger partial charge < -0.3 is 10.2 Å². The van der Waals surface area contributed by atoms with Crippen molar-refractivity contribution in [1.29, 1.82) is 0 Å². The fourth-order valence-electron chi connectivity index (χ4n) is 3.90. The molecular formula is C20H29N3O2. The van der Waals surface area contributed by atoms with Crippen LogP contribution in [0.3, 0.4) is 0 Å². The Hall–Kier alpha value is -1.88. The number of hydrogen-bond donors (Lipinski definition) is 1. The van der Waals surface area contributed by atoms with E-state index in [0.29, 0.717) is 25.6 Å². The van der Waals surface area contributed by atoms with Crippen LogP contribution in [0.25, 0.3) is 0 Å². The maximum absolute atomic E-state index is 12.2. The number of benzene rings is 1. The zero-order chi connectivity index (χ0) is 17.5. The summed E-state index contributed by atoms with van der Waals surface area (Å²) in [7, 11) is 0. The minimum atomic E-state index is 0.104. The van der Waals surface area contributed by atoms with Crippen molar-refractivity contribution in [1.82, 2.24) is 15.1 Å². The number of carbonyl (C=O) groups is 2. The number of nitrogens with zero attached hydrogens (tertiary/aromatic N) is 2. The molecule has 1 aromatic rings. The minimum absolute atomic E-state index is 0.104. The summed E-state index contributed by atoms with van der Waals surface area (Å²) in [5, 5.41) is 3.01. The van der Waals surface area contributed by atoms with E-state index in [-0.39, 0.29) is 11.8 Å². The molecule has 2 aliphatic heterocycles. The van der Waals surface area contributed by atoms with Crippen LogP contribution in [0.5, 0.6) is 0 Å². The van der Waals surface area contributed by atoms with E-state index in [4.69, 9.17) is 0 Å². The van der Waals surface area contributed by atoms with Crippen LogP contribution >= 0.6 is 0 Å². The average Bonchev–Trinajstić information content (AvgIpc) is 3.22. The van der Waals surface area contributed by atoms with E-state index in [1.807, 2.05) is 11.0 Å². The summed E-state index contributed by atoms with van der Waals surface area (Å²) in [5.41, 5.74) is 1.34. The van der Waals surface area contributed by atoms with Crippen molar-refractivity contribution < 1.29 is 9.59 Å². The molecule has 2 saturated heterocycles. The highest BCUT2D eigenvalue weighted by Gasteiger charge is 2.26. The lowest BCUT2D eigenvalue weighted by Gasteiger charge is -2.24. The maximum Gasteiger partial charge on any atom is 0.234 e. The molecule has 2 heterocycles. The molecule has 0 aliphatic carbocycles. The highest BCUT2D eigenvalue weighted by atomic mass is 16.2. The molecule has 2 amide bonds. The molecule has 0 spiro atoms. The molecular weight excluding hydrogens is 314 g/mol. The molecule has 0 aromatic heterocycles. The Morgan fingerprint density at radius 1 is 1.16 bits per heavy atom. The molecule has 3 rings (SSSR count). The second-order valence-electron chi connectivity index (χ2n) is 7.14. The fraction of sp³-hybridized carbons (Fsp3) is 0.600. The van der Waals surface area contributed by atoms with E-state index in [2.05, 4.69) is 34.5 Å². The van der Waals surface area contributed by atoms with Gasteiger partial charge in [-0.25, -0.2) is 0 Å². The summed E-state index contributed by atoms with van der Waals surface area (Å²) in [6.07, 6.45) is 5.85.